The number of hydrogen-bond donors (Lipinski definition) is 0. The van der Waals surface area contributed by atoms with Gasteiger partial charge in [-0.1, -0.05) is 13.8 Å². The van der Waals surface area contributed by atoms with Crippen molar-refractivity contribution in [1.82, 2.24) is 9.13 Å². The van der Waals surface area contributed by atoms with Crippen molar-refractivity contribution < 1.29 is 0 Å². The van der Waals surface area contributed by atoms with Crippen LogP contribution in [-0.4, -0.2) is 46.2 Å². The molecule has 0 atom stereocenters. The highest BCUT2D eigenvalue weighted by atomic mass is 28.2. The molecule has 56 valence electrons. The van der Waals surface area contributed by atoms with Crippen LogP contribution >= 0.6 is 0 Å². The Bertz CT molecular complexity index is 60.1. The van der Waals surface area contributed by atoms with Crippen LogP contribution in [0.15, 0.2) is 0 Å². The summed E-state index contributed by atoms with van der Waals surface area (Å²) in [6.45, 7) is 6.79. The number of hydrogen-bond acceptors (Lipinski definition) is 2. The normalized spacial score (nSPS) is 11.3. The van der Waals surface area contributed by atoms with Gasteiger partial charge in [-0.15, -0.1) is 0 Å². The van der Waals surface area contributed by atoms with E-state index in [4.69, 9.17) is 0 Å². The molecule has 0 aromatic heterocycles. The molecule has 0 aromatic carbocycles. The van der Waals surface area contributed by atoms with E-state index in [9.17, 15) is 0 Å². The van der Waals surface area contributed by atoms with Gasteiger partial charge >= 0.3 is 0 Å². The van der Waals surface area contributed by atoms with Gasteiger partial charge < -0.3 is 9.13 Å². The molecule has 0 unspecified atom stereocenters. The molecule has 0 radical (unpaired) electrons. The molecule has 0 saturated carbocycles. The molecule has 0 spiro atoms. The van der Waals surface area contributed by atoms with E-state index >= 15 is 0 Å². The Morgan fingerprint density at radius 3 is 1.56 bits per heavy atom. The van der Waals surface area contributed by atoms with Crippen molar-refractivity contribution in [2.24, 2.45) is 0 Å². The maximum absolute atomic E-state index is 2.42. The molecule has 0 amide bonds. The monoisotopic (exact) mass is 146 g/mol. The molecule has 0 fully saturated rings. The summed E-state index contributed by atoms with van der Waals surface area (Å²) in [6.07, 6.45) is 0. The van der Waals surface area contributed by atoms with Crippen LogP contribution in [0.4, 0.5) is 0 Å². The lowest BCUT2D eigenvalue weighted by atomic mass is 10.8. The predicted molar refractivity (Wildman–Crippen MR) is 45.2 cm³/mol. The summed E-state index contributed by atoms with van der Waals surface area (Å²) in [7, 11) is 4.31. The largest absolute Gasteiger partial charge is 0.320 e. The standard InChI is InChI=1S/C6H18N2Si/c1-5-7(3)9-8(4)6-2/h5-6,9H2,1-4H3. The van der Waals surface area contributed by atoms with Crippen LogP contribution < -0.4 is 0 Å². The lowest BCUT2D eigenvalue weighted by Gasteiger charge is -2.20. The first-order valence-electron chi connectivity index (χ1n) is 3.57. The van der Waals surface area contributed by atoms with Gasteiger partial charge in [0, 0.05) is 0 Å². The minimum atomic E-state index is -0.0733. The predicted octanol–water partition coefficient (Wildman–Crippen LogP) is -0.111. The van der Waals surface area contributed by atoms with Gasteiger partial charge in [-0.3, -0.25) is 0 Å². The molecule has 0 aromatic rings. The van der Waals surface area contributed by atoms with Gasteiger partial charge in [0.1, 0.15) is 0 Å². The fourth-order valence-corrected chi connectivity index (χ4v) is 1.84. The zero-order chi connectivity index (χ0) is 7.28. The third-order valence-corrected chi connectivity index (χ3v) is 3.42. The van der Waals surface area contributed by atoms with E-state index in [1.807, 2.05) is 0 Å². The summed E-state index contributed by atoms with van der Waals surface area (Å²) in [4.78, 5) is 0. The molecule has 3 heteroatoms. The van der Waals surface area contributed by atoms with Crippen molar-refractivity contribution in [1.29, 1.82) is 0 Å². The van der Waals surface area contributed by atoms with Crippen LogP contribution in [-0.2, 0) is 0 Å². The molecule has 0 bridgehead atoms. The molecule has 9 heavy (non-hydrogen) atoms. The maximum atomic E-state index is 2.42. The molecule has 0 aliphatic rings. The van der Waals surface area contributed by atoms with E-state index < -0.39 is 0 Å². The molecule has 0 heterocycles. The van der Waals surface area contributed by atoms with E-state index in [0.29, 0.717) is 0 Å². The molecule has 0 saturated heterocycles. The third-order valence-electron chi connectivity index (χ3n) is 1.56. The van der Waals surface area contributed by atoms with Gasteiger partial charge in [-0.25, -0.2) is 0 Å². The highest BCUT2D eigenvalue weighted by Gasteiger charge is 1.97. The summed E-state index contributed by atoms with van der Waals surface area (Å²) < 4.78 is 4.84. The fraction of sp³-hybridized carbons (Fsp3) is 1.00. The van der Waals surface area contributed by atoms with E-state index in [1.54, 1.807) is 0 Å². The van der Waals surface area contributed by atoms with Crippen LogP contribution in [0, 0.1) is 0 Å². The van der Waals surface area contributed by atoms with Crippen LogP contribution in [0.1, 0.15) is 13.8 Å². The summed E-state index contributed by atoms with van der Waals surface area (Å²) >= 11 is 0. The van der Waals surface area contributed by atoms with Crippen molar-refractivity contribution in [3.05, 3.63) is 0 Å². The van der Waals surface area contributed by atoms with Gasteiger partial charge in [0.15, 0.2) is 9.84 Å². The van der Waals surface area contributed by atoms with Crippen LogP contribution in [0.25, 0.3) is 0 Å². The first kappa shape index (κ1) is 9.14. The van der Waals surface area contributed by atoms with E-state index in [2.05, 4.69) is 37.1 Å². The minimum absolute atomic E-state index is 0.0733. The lowest BCUT2D eigenvalue weighted by Crippen LogP contribution is -2.36. The Balaban J connectivity index is 3.22. The Hall–Kier alpha value is 0.137. The zero-order valence-electron chi connectivity index (χ0n) is 7.02. The highest BCUT2D eigenvalue weighted by molar-refractivity contribution is 6.28. The van der Waals surface area contributed by atoms with Crippen molar-refractivity contribution >= 4 is 9.84 Å². The third kappa shape index (κ3) is 4.63. The Morgan fingerprint density at radius 2 is 1.33 bits per heavy atom. The van der Waals surface area contributed by atoms with Crippen molar-refractivity contribution in [3.8, 4) is 0 Å². The topological polar surface area (TPSA) is 6.48 Å². The van der Waals surface area contributed by atoms with Crippen molar-refractivity contribution in [2.45, 2.75) is 13.8 Å². The van der Waals surface area contributed by atoms with Crippen molar-refractivity contribution in [2.75, 3.05) is 27.2 Å². The van der Waals surface area contributed by atoms with Gasteiger partial charge in [-0.2, -0.15) is 0 Å². The number of rotatable bonds is 4. The molecular formula is C6H18N2Si. The second-order valence-electron chi connectivity index (χ2n) is 2.49. The number of nitrogens with zero attached hydrogens (tertiary/aromatic N) is 2. The Morgan fingerprint density at radius 1 is 1.00 bits per heavy atom. The SMILES string of the molecule is CCN(C)[SiH2]N(C)CC. The fourth-order valence-electron chi connectivity index (χ4n) is 0.612. The molecule has 0 aliphatic carbocycles. The summed E-state index contributed by atoms with van der Waals surface area (Å²) in [6, 6.07) is 0. The second-order valence-corrected chi connectivity index (χ2v) is 4.93. The average Bonchev–Trinajstić information content (AvgIpc) is 1.87. The van der Waals surface area contributed by atoms with Gasteiger partial charge in [0.2, 0.25) is 0 Å². The smallest absolute Gasteiger partial charge is 0.172 e. The van der Waals surface area contributed by atoms with Crippen LogP contribution in [0.5, 0.6) is 0 Å². The van der Waals surface area contributed by atoms with Crippen LogP contribution in [0.2, 0.25) is 0 Å². The second kappa shape index (κ2) is 4.96. The van der Waals surface area contributed by atoms with E-state index in [1.165, 1.54) is 13.1 Å². The minimum Gasteiger partial charge on any atom is -0.320 e. The zero-order valence-corrected chi connectivity index (χ0v) is 8.43. The highest BCUT2D eigenvalue weighted by Crippen LogP contribution is 1.81. The van der Waals surface area contributed by atoms with Gasteiger partial charge in [0.25, 0.3) is 0 Å². The summed E-state index contributed by atoms with van der Waals surface area (Å²) in [5, 5.41) is 0. The molecule has 2 nitrogen and oxygen atoms in total. The first-order chi connectivity index (χ1) is 4.20. The molecular weight excluding hydrogens is 128 g/mol. The van der Waals surface area contributed by atoms with Gasteiger partial charge in [-0.05, 0) is 27.2 Å². The Labute approximate surface area is 60.8 Å². The van der Waals surface area contributed by atoms with Crippen LogP contribution in [0.3, 0.4) is 0 Å². The average molecular weight is 146 g/mol. The van der Waals surface area contributed by atoms with E-state index in [0.717, 1.165) is 0 Å². The van der Waals surface area contributed by atoms with Gasteiger partial charge in [0.05, 0.1) is 0 Å². The quantitative estimate of drug-likeness (QED) is 0.511. The molecule has 0 aliphatic heterocycles. The first-order valence-corrected chi connectivity index (χ1v) is 4.84. The summed E-state index contributed by atoms with van der Waals surface area (Å²) in [5.41, 5.74) is 0. The summed E-state index contributed by atoms with van der Waals surface area (Å²) in [5.74, 6) is 0. The Kier molecular flexibility index (Phi) is 5.04. The molecule has 0 N–H and O–H groups in total. The maximum Gasteiger partial charge on any atom is 0.172 e. The van der Waals surface area contributed by atoms with E-state index in [-0.39, 0.29) is 9.84 Å². The van der Waals surface area contributed by atoms with Crippen molar-refractivity contribution in [3.63, 3.8) is 0 Å². The lowest BCUT2D eigenvalue weighted by molar-refractivity contribution is 0.467. The molecule has 0 rings (SSSR count).